The standard InChI is InChI=1S/C18H23N3O/c1-13-6-8-20-12-16(19-17(20)10-13)18(22)21-9-7-14-4-2-3-5-15(14)11-21/h6,8,10,12,14-15H,2-5,7,9,11H2,1H3/t14-,15-/m0/s1. The molecule has 1 amide bonds. The average molecular weight is 297 g/mol. The molecule has 0 N–H and O–H groups in total. The summed E-state index contributed by atoms with van der Waals surface area (Å²) in [5, 5.41) is 0. The lowest BCUT2D eigenvalue weighted by Crippen LogP contribution is -2.44. The van der Waals surface area contributed by atoms with Crippen molar-refractivity contribution in [3.8, 4) is 0 Å². The smallest absolute Gasteiger partial charge is 0.274 e. The third kappa shape index (κ3) is 2.40. The molecule has 0 aromatic carbocycles. The number of imidazole rings is 1. The van der Waals surface area contributed by atoms with Crippen LogP contribution in [0.25, 0.3) is 5.65 Å². The maximum Gasteiger partial charge on any atom is 0.274 e. The summed E-state index contributed by atoms with van der Waals surface area (Å²) < 4.78 is 1.94. The zero-order valence-corrected chi connectivity index (χ0v) is 13.2. The van der Waals surface area contributed by atoms with Gasteiger partial charge in [-0.2, -0.15) is 0 Å². The summed E-state index contributed by atoms with van der Waals surface area (Å²) in [6, 6.07) is 4.06. The predicted octanol–water partition coefficient (Wildman–Crippen LogP) is 3.30. The van der Waals surface area contributed by atoms with E-state index in [4.69, 9.17) is 0 Å². The van der Waals surface area contributed by atoms with Crippen LogP contribution in [0.2, 0.25) is 0 Å². The van der Waals surface area contributed by atoms with E-state index in [0.29, 0.717) is 11.6 Å². The Balaban J connectivity index is 1.55. The maximum absolute atomic E-state index is 12.8. The first-order chi connectivity index (χ1) is 10.7. The summed E-state index contributed by atoms with van der Waals surface area (Å²) in [5.74, 6) is 1.66. The van der Waals surface area contributed by atoms with Crippen molar-refractivity contribution in [2.24, 2.45) is 11.8 Å². The number of piperidine rings is 1. The fourth-order valence-corrected chi connectivity index (χ4v) is 4.13. The molecule has 22 heavy (non-hydrogen) atoms. The van der Waals surface area contributed by atoms with Crippen molar-refractivity contribution < 1.29 is 4.79 Å². The molecular formula is C18H23N3O. The van der Waals surface area contributed by atoms with E-state index in [2.05, 4.69) is 4.98 Å². The molecule has 4 rings (SSSR count). The third-order valence-electron chi connectivity index (χ3n) is 5.41. The molecule has 2 aromatic heterocycles. The number of carbonyl (C=O) groups excluding carboxylic acids is 1. The Morgan fingerprint density at radius 2 is 2.05 bits per heavy atom. The van der Waals surface area contributed by atoms with E-state index < -0.39 is 0 Å². The molecule has 0 bridgehead atoms. The molecule has 0 unspecified atom stereocenters. The molecule has 1 saturated carbocycles. The maximum atomic E-state index is 12.8. The molecule has 1 aliphatic carbocycles. The number of hydrogen-bond donors (Lipinski definition) is 0. The summed E-state index contributed by atoms with van der Waals surface area (Å²) in [7, 11) is 0. The van der Waals surface area contributed by atoms with Gasteiger partial charge in [-0.15, -0.1) is 0 Å². The fraction of sp³-hybridized carbons (Fsp3) is 0.556. The van der Waals surface area contributed by atoms with Crippen molar-refractivity contribution in [2.45, 2.75) is 39.0 Å². The van der Waals surface area contributed by atoms with Gasteiger partial charge >= 0.3 is 0 Å². The number of fused-ring (bicyclic) bond motifs is 2. The number of pyridine rings is 1. The Labute approximate surface area is 131 Å². The molecule has 0 radical (unpaired) electrons. The van der Waals surface area contributed by atoms with E-state index in [1.807, 2.05) is 40.8 Å². The number of aromatic nitrogens is 2. The SMILES string of the molecule is Cc1ccn2cc(C(=O)N3CC[C@@H]4CCCC[C@H]4C3)nc2c1. The van der Waals surface area contributed by atoms with Crippen molar-refractivity contribution in [3.63, 3.8) is 0 Å². The third-order valence-corrected chi connectivity index (χ3v) is 5.41. The second-order valence-corrected chi connectivity index (χ2v) is 6.94. The largest absolute Gasteiger partial charge is 0.337 e. The minimum Gasteiger partial charge on any atom is -0.337 e. The highest BCUT2D eigenvalue weighted by Crippen LogP contribution is 2.36. The monoisotopic (exact) mass is 297 g/mol. The van der Waals surface area contributed by atoms with Crippen LogP contribution in [-0.4, -0.2) is 33.3 Å². The first-order valence-corrected chi connectivity index (χ1v) is 8.45. The van der Waals surface area contributed by atoms with Crippen LogP contribution in [0.1, 0.15) is 48.2 Å². The molecule has 1 saturated heterocycles. The normalized spacial score (nSPS) is 25.2. The molecule has 1 aliphatic heterocycles. The lowest BCUT2D eigenvalue weighted by atomic mass is 9.75. The van der Waals surface area contributed by atoms with Gasteiger partial charge < -0.3 is 9.30 Å². The van der Waals surface area contributed by atoms with Crippen molar-refractivity contribution >= 4 is 11.6 Å². The summed E-state index contributed by atoms with van der Waals surface area (Å²) in [6.07, 6.45) is 10.4. The number of nitrogens with zero attached hydrogens (tertiary/aromatic N) is 3. The second kappa shape index (κ2) is 5.41. The zero-order chi connectivity index (χ0) is 15.1. The molecule has 2 fully saturated rings. The second-order valence-electron chi connectivity index (χ2n) is 6.94. The average Bonchev–Trinajstić information content (AvgIpc) is 2.96. The summed E-state index contributed by atoms with van der Waals surface area (Å²) in [6.45, 7) is 3.87. The van der Waals surface area contributed by atoms with Crippen LogP contribution in [0.4, 0.5) is 0 Å². The van der Waals surface area contributed by atoms with Crippen molar-refractivity contribution in [3.05, 3.63) is 35.8 Å². The summed E-state index contributed by atoms with van der Waals surface area (Å²) >= 11 is 0. The van der Waals surface area contributed by atoms with Crippen molar-refractivity contribution in [1.29, 1.82) is 0 Å². The lowest BCUT2D eigenvalue weighted by Gasteiger charge is -2.41. The first kappa shape index (κ1) is 13.8. The number of rotatable bonds is 1. The number of aryl methyl sites for hydroxylation is 1. The molecule has 4 heteroatoms. The first-order valence-electron chi connectivity index (χ1n) is 8.45. The van der Waals surface area contributed by atoms with Gasteiger partial charge in [-0.05, 0) is 49.3 Å². The number of hydrogen-bond acceptors (Lipinski definition) is 2. The summed E-state index contributed by atoms with van der Waals surface area (Å²) in [5.41, 5.74) is 2.61. The highest BCUT2D eigenvalue weighted by atomic mass is 16.2. The molecule has 2 atom stereocenters. The Morgan fingerprint density at radius 3 is 2.91 bits per heavy atom. The van der Waals surface area contributed by atoms with Crippen LogP contribution < -0.4 is 0 Å². The van der Waals surface area contributed by atoms with Gasteiger partial charge in [0.1, 0.15) is 11.3 Å². The quantitative estimate of drug-likeness (QED) is 0.810. The molecule has 0 spiro atoms. The van der Waals surface area contributed by atoms with Crippen LogP contribution in [0.3, 0.4) is 0 Å². The molecule has 116 valence electrons. The predicted molar refractivity (Wildman–Crippen MR) is 85.9 cm³/mol. The van der Waals surface area contributed by atoms with Gasteiger partial charge in [0, 0.05) is 25.5 Å². The van der Waals surface area contributed by atoms with Crippen LogP contribution in [0, 0.1) is 18.8 Å². The fourth-order valence-electron chi connectivity index (χ4n) is 4.13. The van der Waals surface area contributed by atoms with Gasteiger partial charge in [-0.25, -0.2) is 4.98 Å². The minimum atomic E-state index is 0.102. The Hall–Kier alpha value is -1.84. The Bertz CT molecular complexity index is 705. The lowest BCUT2D eigenvalue weighted by molar-refractivity contribution is 0.0516. The van der Waals surface area contributed by atoms with Crippen LogP contribution in [0.5, 0.6) is 0 Å². The van der Waals surface area contributed by atoms with E-state index in [-0.39, 0.29) is 5.91 Å². The van der Waals surface area contributed by atoms with E-state index in [1.54, 1.807) is 0 Å². The van der Waals surface area contributed by atoms with Gasteiger partial charge in [0.15, 0.2) is 0 Å². The molecule has 4 nitrogen and oxygen atoms in total. The van der Waals surface area contributed by atoms with Gasteiger partial charge in [0.2, 0.25) is 0 Å². The minimum absolute atomic E-state index is 0.102. The zero-order valence-electron chi connectivity index (χ0n) is 13.2. The topological polar surface area (TPSA) is 37.6 Å². The van der Waals surface area contributed by atoms with Crippen LogP contribution in [0.15, 0.2) is 24.5 Å². The van der Waals surface area contributed by atoms with Gasteiger partial charge in [-0.1, -0.05) is 19.3 Å². The summed E-state index contributed by atoms with van der Waals surface area (Å²) in [4.78, 5) is 19.3. The van der Waals surface area contributed by atoms with Crippen molar-refractivity contribution in [1.82, 2.24) is 14.3 Å². The van der Waals surface area contributed by atoms with Gasteiger partial charge in [-0.3, -0.25) is 4.79 Å². The molecular weight excluding hydrogens is 274 g/mol. The highest BCUT2D eigenvalue weighted by molar-refractivity contribution is 5.93. The Kier molecular flexibility index (Phi) is 3.40. The highest BCUT2D eigenvalue weighted by Gasteiger charge is 2.33. The van der Waals surface area contributed by atoms with Crippen LogP contribution in [-0.2, 0) is 0 Å². The molecule has 2 aliphatic rings. The number of carbonyl (C=O) groups is 1. The molecule has 3 heterocycles. The number of amides is 1. The number of likely N-dealkylation sites (tertiary alicyclic amines) is 1. The molecule has 2 aromatic rings. The van der Waals surface area contributed by atoms with Crippen LogP contribution >= 0.6 is 0 Å². The van der Waals surface area contributed by atoms with E-state index in [1.165, 1.54) is 37.7 Å². The van der Waals surface area contributed by atoms with E-state index in [0.717, 1.165) is 24.7 Å². The Morgan fingerprint density at radius 1 is 1.23 bits per heavy atom. The van der Waals surface area contributed by atoms with Gasteiger partial charge in [0.05, 0.1) is 0 Å². The van der Waals surface area contributed by atoms with Gasteiger partial charge in [0.25, 0.3) is 5.91 Å². The van der Waals surface area contributed by atoms with Crippen molar-refractivity contribution in [2.75, 3.05) is 13.1 Å². The van der Waals surface area contributed by atoms with E-state index >= 15 is 0 Å². The van der Waals surface area contributed by atoms with E-state index in [9.17, 15) is 4.79 Å².